The first-order valence-corrected chi connectivity index (χ1v) is 5.74. The lowest BCUT2D eigenvalue weighted by molar-refractivity contribution is 0.367. The molecule has 0 atom stereocenters. The molecule has 0 bridgehead atoms. The van der Waals surface area contributed by atoms with E-state index in [9.17, 15) is 15.3 Å². The summed E-state index contributed by atoms with van der Waals surface area (Å²) in [5, 5.41) is 29.2. The van der Waals surface area contributed by atoms with Gasteiger partial charge in [0, 0.05) is 5.56 Å². The zero-order chi connectivity index (χ0) is 13.4. The van der Waals surface area contributed by atoms with Gasteiger partial charge in [-0.15, -0.1) is 0 Å². The van der Waals surface area contributed by atoms with Crippen LogP contribution in [0.3, 0.4) is 0 Å². The molecule has 3 nitrogen and oxygen atoms in total. The second kappa shape index (κ2) is 4.26. The minimum absolute atomic E-state index is 0.276. The van der Waals surface area contributed by atoms with Crippen molar-refractivity contribution in [2.45, 2.75) is 20.8 Å². The van der Waals surface area contributed by atoms with Gasteiger partial charge >= 0.3 is 0 Å². The molecule has 0 saturated carbocycles. The van der Waals surface area contributed by atoms with Gasteiger partial charge in [0.1, 0.15) is 0 Å². The highest BCUT2D eigenvalue weighted by molar-refractivity contribution is 5.79. The molecule has 2 aromatic rings. The number of aromatic hydroxyl groups is 3. The highest BCUT2D eigenvalue weighted by Gasteiger charge is 2.16. The molecule has 2 rings (SSSR count). The van der Waals surface area contributed by atoms with Crippen molar-refractivity contribution >= 4 is 0 Å². The number of benzene rings is 2. The lowest BCUT2D eigenvalue weighted by atomic mass is 9.95. The Kier molecular flexibility index (Phi) is 2.91. The highest BCUT2D eigenvalue weighted by atomic mass is 16.3. The number of rotatable bonds is 1. The minimum atomic E-state index is -0.467. The molecule has 94 valence electrons. The molecule has 0 amide bonds. The summed E-state index contributed by atoms with van der Waals surface area (Å²) in [6, 6.07) is 7.57. The number of hydrogen-bond acceptors (Lipinski definition) is 3. The van der Waals surface area contributed by atoms with Crippen LogP contribution in [0.4, 0.5) is 0 Å². The zero-order valence-corrected chi connectivity index (χ0v) is 10.7. The molecule has 3 heteroatoms. The van der Waals surface area contributed by atoms with E-state index in [1.165, 1.54) is 0 Å². The summed E-state index contributed by atoms with van der Waals surface area (Å²) in [6.45, 7) is 5.59. The second-order valence-electron chi connectivity index (χ2n) is 4.61. The minimum Gasteiger partial charge on any atom is -0.504 e. The molecular weight excluding hydrogens is 228 g/mol. The fourth-order valence-corrected chi connectivity index (χ4v) is 2.01. The smallest absolute Gasteiger partial charge is 0.201 e. The normalized spacial score (nSPS) is 10.6. The first-order chi connectivity index (χ1) is 8.41. The van der Waals surface area contributed by atoms with E-state index in [-0.39, 0.29) is 11.5 Å². The molecule has 0 unspecified atom stereocenters. The standard InChI is InChI=1S/C15H16O3/c1-8-4-5-9(2)11(6-8)12-7-10(3)13(16)15(18)14(12)17/h4-7,16-18H,1-3H3. The highest BCUT2D eigenvalue weighted by Crippen LogP contribution is 2.45. The molecular formula is C15H16O3. The van der Waals surface area contributed by atoms with Crippen LogP contribution in [0.25, 0.3) is 11.1 Å². The van der Waals surface area contributed by atoms with E-state index in [1.54, 1.807) is 13.0 Å². The number of phenolic OH excluding ortho intramolecular Hbond substituents is 3. The first kappa shape index (κ1) is 12.3. The van der Waals surface area contributed by atoms with E-state index in [1.807, 2.05) is 32.0 Å². The Bertz CT molecular complexity index is 616. The molecule has 0 aliphatic rings. The van der Waals surface area contributed by atoms with Gasteiger partial charge in [-0.3, -0.25) is 0 Å². The van der Waals surface area contributed by atoms with Gasteiger partial charge < -0.3 is 15.3 Å². The fraction of sp³-hybridized carbons (Fsp3) is 0.200. The van der Waals surface area contributed by atoms with Crippen molar-refractivity contribution in [3.63, 3.8) is 0 Å². The molecule has 3 N–H and O–H groups in total. The zero-order valence-electron chi connectivity index (χ0n) is 10.7. The van der Waals surface area contributed by atoms with Crippen molar-refractivity contribution in [2.24, 2.45) is 0 Å². The number of hydrogen-bond donors (Lipinski definition) is 3. The van der Waals surface area contributed by atoms with Crippen LogP contribution in [0.5, 0.6) is 17.2 Å². The van der Waals surface area contributed by atoms with Gasteiger partial charge in [-0.2, -0.15) is 0 Å². The molecule has 18 heavy (non-hydrogen) atoms. The van der Waals surface area contributed by atoms with Crippen molar-refractivity contribution in [1.82, 2.24) is 0 Å². The Labute approximate surface area is 106 Å². The van der Waals surface area contributed by atoms with Gasteiger partial charge in [-0.25, -0.2) is 0 Å². The van der Waals surface area contributed by atoms with E-state index < -0.39 is 5.75 Å². The average molecular weight is 244 g/mol. The Hall–Kier alpha value is -2.16. The van der Waals surface area contributed by atoms with Crippen molar-refractivity contribution in [2.75, 3.05) is 0 Å². The quantitative estimate of drug-likeness (QED) is 0.674. The molecule has 0 spiro atoms. The molecule has 0 radical (unpaired) electrons. The van der Waals surface area contributed by atoms with Crippen molar-refractivity contribution in [3.8, 4) is 28.4 Å². The Morgan fingerprint density at radius 2 is 1.33 bits per heavy atom. The van der Waals surface area contributed by atoms with Gasteiger partial charge in [0.2, 0.25) is 5.75 Å². The van der Waals surface area contributed by atoms with Gasteiger partial charge in [-0.05, 0) is 43.5 Å². The van der Waals surface area contributed by atoms with Gasteiger partial charge in [0.15, 0.2) is 11.5 Å². The summed E-state index contributed by atoms with van der Waals surface area (Å²) in [4.78, 5) is 0. The van der Waals surface area contributed by atoms with Crippen LogP contribution < -0.4 is 0 Å². The fourth-order valence-electron chi connectivity index (χ4n) is 2.01. The van der Waals surface area contributed by atoms with Crippen LogP contribution in [-0.2, 0) is 0 Å². The topological polar surface area (TPSA) is 60.7 Å². The van der Waals surface area contributed by atoms with E-state index in [0.29, 0.717) is 11.1 Å². The maximum atomic E-state index is 9.96. The summed E-state index contributed by atoms with van der Waals surface area (Å²) in [7, 11) is 0. The summed E-state index contributed by atoms with van der Waals surface area (Å²) in [6.07, 6.45) is 0. The summed E-state index contributed by atoms with van der Waals surface area (Å²) >= 11 is 0. The number of phenols is 3. The molecule has 2 aromatic carbocycles. The number of aryl methyl sites for hydroxylation is 3. The third-order valence-electron chi connectivity index (χ3n) is 3.12. The second-order valence-corrected chi connectivity index (χ2v) is 4.61. The SMILES string of the molecule is Cc1ccc(C)c(-c2cc(C)c(O)c(O)c2O)c1. The van der Waals surface area contributed by atoms with Gasteiger partial charge in [0.05, 0.1) is 0 Å². The predicted octanol–water partition coefficient (Wildman–Crippen LogP) is 3.40. The average Bonchev–Trinajstić information content (AvgIpc) is 2.34. The Balaban J connectivity index is 2.75. The van der Waals surface area contributed by atoms with Gasteiger partial charge in [0.25, 0.3) is 0 Å². The lowest BCUT2D eigenvalue weighted by Gasteiger charge is -2.13. The van der Waals surface area contributed by atoms with Crippen LogP contribution in [0.2, 0.25) is 0 Å². The lowest BCUT2D eigenvalue weighted by Crippen LogP contribution is -1.88. The van der Waals surface area contributed by atoms with Crippen LogP contribution in [0, 0.1) is 20.8 Å². The summed E-state index contributed by atoms with van der Waals surface area (Å²) in [5.41, 5.74) is 3.98. The van der Waals surface area contributed by atoms with Crippen molar-refractivity contribution < 1.29 is 15.3 Å². The van der Waals surface area contributed by atoms with E-state index >= 15 is 0 Å². The summed E-state index contributed by atoms with van der Waals surface area (Å²) < 4.78 is 0. The van der Waals surface area contributed by atoms with Crippen LogP contribution in [0.15, 0.2) is 24.3 Å². The molecule has 0 aromatic heterocycles. The molecule has 0 fully saturated rings. The third-order valence-corrected chi connectivity index (χ3v) is 3.12. The summed E-state index contributed by atoms with van der Waals surface area (Å²) in [5.74, 6) is -1.03. The Morgan fingerprint density at radius 3 is 2.00 bits per heavy atom. The van der Waals surface area contributed by atoms with Crippen molar-refractivity contribution in [3.05, 3.63) is 41.0 Å². The monoisotopic (exact) mass is 244 g/mol. The largest absolute Gasteiger partial charge is 0.504 e. The van der Waals surface area contributed by atoms with Gasteiger partial charge in [-0.1, -0.05) is 23.8 Å². The van der Waals surface area contributed by atoms with E-state index in [4.69, 9.17) is 0 Å². The van der Waals surface area contributed by atoms with E-state index in [2.05, 4.69) is 0 Å². The Morgan fingerprint density at radius 1 is 0.667 bits per heavy atom. The molecule has 0 aliphatic carbocycles. The van der Waals surface area contributed by atoms with Crippen LogP contribution in [0.1, 0.15) is 16.7 Å². The molecule has 0 heterocycles. The predicted molar refractivity (Wildman–Crippen MR) is 71.1 cm³/mol. The van der Waals surface area contributed by atoms with Crippen LogP contribution in [-0.4, -0.2) is 15.3 Å². The van der Waals surface area contributed by atoms with E-state index in [0.717, 1.165) is 16.7 Å². The first-order valence-electron chi connectivity index (χ1n) is 5.74. The maximum absolute atomic E-state index is 9.96. The van der Waals surface area contributed by atoms with Crippen molar-refractivity contribution in [1.29, 1.82) is 0 Å². The third kappa shape index (κ3) is 1.88. The maximum Gasteiger partial charge on any atom is 0.201 e. The molecule has 0 aliphatic heterocycles. The molecule has 0 saturated heterocycles. The van der Waals surface area contributed by atoms with Crippen LogP contribution >= 0.6 is 0 Å².